The number of rotatable bonds is 6. The SMILES string of the molecule is COc1ccccc1N1CCN(C(=O)CSc2n[nH]c(=O)c3cc(-c4ccco4)nn23)CC1. The van der Waals surface area contributed by atoms with E-state index in [1.165, 1.54) is 16.3 Å². The molecule has 1 saturated heterocycles. The monoisotopic (exact) mass is 466 g/mol. The maximum absolute atomic E-state index is 12.9. The Balaban J connectivity index is 1.24. The molecule has 1 aliphatic rings. The molecule has 0 radical (unpaired) electrons. The van der Waals surface area contributed by atoms with Crippen LogP contribution in [0.1, 0.15) is 0 Å². The molecule has 1 aliphatic heterocycles. The topological polar surface area (TPSA) is 109 Å². The molecule has 1 amide bonds. The fourth-order valence-electron chi connectivity index (χ4n) is 3.84. The summed E-state index contributed by atoms with van der Waals surface area (Å²) >= 11 is 1.24. The van der Waals surface area contributed by atoms with E-state index in [1.807, 2.05) is 29.2 Å². The van der Waals surface area contributed by atoms with Crippen LogP contribution in [0.15, 0.2) is 63.1 Å². The predicted molar refractivity (Wildman–Crippen MR) is 124 cm³/mol. The average Bonchev–Trinajstić information content (AvgIpc) is 3.54. The number of aromatic amines is 1. The third kappa shape index (κ3) is 4.19. The molecule has 0 atom stereocenters. The third-order valence-electron chi connectivity index (χ3n) is 5.53. The number of H-pyrrole nitrogens is 1. The number of nitrogens with one attached hydrogen (secondary N) is 1. The van der Waals surface area contributed by atoms with Crippen molar-refractivity contribution >= 4 is 28.9 Å². The molecule has 3 aromatic heterocycles. The second-order valence-electron chi connectivity index (χ2n) is 7.47. The smallest absolute Gasteiger partial charge is 0.290 e. The zero-order valence-corrected chi connectivity index (χ0v) is 18.7. The first-order valence-corrected chi connectivity index (χ1v) is 11.4. The molecule has 170 valence electrons. The number of amides is 1. The summed E-state index contributed by atoms with van der Waals surface area (Å²) in [6, 6.07) is 13.1. The third-order valence-corrected chi connectivity index (χ3v) is 6.45. The molecule has 4 heterocycles. The number of nitrogens with zero attached hydrogens (tertiary/aromatic N) is 5. The Labute approximate surface area is 193 Å². The summed E-state index contributed by atoms with van der Waals surface area (Å²) in [6.07, 6.45) is 1.55. The highest BCUT2D eigenvalue weighted by atomic mass is 32.2. The highest BCUT2D eigenvalue weighted by Gasteiger charge is 2.23. The van der Waals surface area contributed by atoms with Crippen molar-refractivity contribution < 1.29 is 13.9 Å². The lowest BCUT2D eigenvalue weighted by Gasteiger charge is -2.36. The Bertz CT molecular complexity index is 1320. The van der Waals surface area contributed by atoms with Gasteiger partial charge in [-0.25, -0.2) is 9.61 Å². The van der Waals surface area contributed by atoms with Crippen LogP contribution in [-0.2, 0) is 4.79 Å². The minimum absolute atomic E-state index is 0.0132. The van der Waals surface area contributed by atoms with Crippen LogP contribution >= 0.6 is 11.8 Å². The maximum atomic E-state index is 12.9. The first kappa shape index (κ1) is 21.1. The molecule has 0 saturated carbocycles. The second kappa shape index (κ2) is 9.02. The van der Waals surface area contributed by atoms with Crippen molar-refractivity contribution in [2.24, 2.45) is 0 Å². The fourth-order valence-corrected chi connectivity index (χ4v) is 4.64. The zero-order chi connectivity index (χ0) is 22.8. The standard InChI is InChI=1S/C22H22N6O4S/c1-31-19-6-3-2-5-16(19)26-8-10-27(11-9-26)20(29)14-33-22-24-23-21(30)17-13-15(25-28(17)22)18-7-4-12-32-18/h2-7,12-13H,8-11,14H2,1H3,(H,23,30). The molecule has 5 rings (SSSR count). The molecule has 1 fully saturated rings. The van der Waals surface area contributed by atoms with Crippen LogP contribution in [-0.4, -0.2) is 69.7 Å². The zero-order valence-electron chi connectivity index (χ0n) is 17.9. The van der Waals surface area contributed by atoms with Gasteiger partial charge in [-0.1, -0.05) is 23.9 Å². The Hall–Kier alpha value is -3.73. The van der Waals surface area contributed by atoms with Gasteiger partial charge in [-0.3, -0.25) is 9.59 Å². The summed E-state index contributed by atoms with van der Waals surface area (Å²) in [7, 11) is 1.66. The van der Waals surface area contributed by atoms with E-state index in [2.05, 4.69) is 20.2 Å². The number of methoxy groups -OCH3 is 1. The number of piperazine rings is 1. The Morgan fingerprint density at radius 2 is 2.00 bits per heavy atom. The molecule has 1 aromatic carbocycles. The number of hydrogen-bond donors (Lipinski definition) is 1. The normalized spacial score (nSPS) is 14.1. The first-order chi connectivity index (χ1) is 16.1. The van der Waals surface area contributed by atoms with Gasteiger partial charge in [0.1, 0.15) is 17.0 Å². The maximum Gasteiger partial charge on any atom is 0.290 e. The molecule has 0 bridgehead atoms. The number of aromatic nitrogens is 4. The van der Waals surface area contributed by atoms with Crippen LogP contribution in [0, 0.1) is 0 Å². The van der Waals surface area contributed by atoms with Crippen molar-refractivity contribution in [2.45, 2.75) is 5.16 Å². The van der Waals surface area contributed by atoms with Crippen molar-refractivity contribution in [1.82, 2.24) is 24.7 Å². The molecule has 33 heavy (non-hydrogen) atoms. The lowest BCUT2D eigenvalue weighted by atomic mass is 10.2. The summed E-state index contributed by atoms with van der Waals surface area (Å²) in [5.74, 6) is 1.59. The number of carbonyl (C=O) groups excluding carboxylic acids is 1. The average molecular weight is 467 g/mol. The van der Waals surface area contributed by atoms with Crippen molar-refractivity contribution in [3.63, 3.8) is 0 Å². The van der Waals surface area contributed by atoms with Gasteiger partial charge in [-0.05, 0) is 24.3 Å². The highest BCUT2D eigenvalue weighted by Crippen LogP contribution is 2.28. The number of anilines is 1. The molecule has 0 unspecified atom stereocenters. The number of carbonyl (C=O) groups is 1. The van der Waals surface area contributed by atoms with Crippen LogP contribution in [0.4, 0.5) is 5.69 Å². The Morgan fingerprint density at radius 1 is 1.18 bits per heavy atom. The van der Waals surface area contributed by atoms with Gasteiger partial charge < -0.3 is 19.0 Å². The fraction of sp³-hybridized carbons (Fsp3) is 0.273. The van der Waals surface area contributed by atoms with Gasteiger partial charge >= 0.3 is 0 Å². The van der Waals surface area contributed by atoms with Crippen molar-refractivity contribution in [3.05, 3.63) is 59.1 Å². The molecule has 0 aliphatic carbocycles. The number of furan rings is 1. The number of hydrogen-bond acceptors (Lipinski definition) is 8. The molecule has 10 nitrogen and oxygen atoms in total. The van der Waals surface area contributed by atoms with Crippen LogP contribution in [0.2, 0.25) is 0 Å². The second-order valence-corrected chi connectivity index (χ2v) is 8.41. The van der Waals surface area contributed by atoms with Crippen LogP contribution in [0.3, 0.4) is 0 Å². The lowest BCUT2D eigenvalue weighted by molar-refractivity contribution is -0.128. The Morgan fingerprint density at radius 3 is 2.76 bits per heavy atom. The predicted octanol–water partition coefficient (Wildman–Crippen LogP) is 2.13. The molecule has 0 spiro atoms. The minimum atomic E-state index is -0.358. The van der Waals surface area contributed by atoms with E-state index in [9.17, 15) is 9.59 Å². The van der Waals surface area contributed by atoms with E-state index in [4.69, 9.17) is 9.15 Å². The number of para-hydroxylation sites is 2. The summed E-state index contributed by atoms with van der Waals surface area (Å²) in [5, 5.41) is 11.4. The summed E-state index contributed by atoms with van der Waals surface area (Å²) < 4.78 is 12.3. The van der Waals surface area contributed by atoms with E-state index in [0.29, 0.717) is 35.2 Å². The minimum Gasteiger partial charge on any atom is -0.495 e. The van der Waals surface area contributed by atoms with Crippen molar-refractivity contribution in [1.29, 1.82) is 0 Å². The van der Waals surface area contributed by atoms with E-state index >= 15 is 0 Å². The number of ether oxygens (including phenoxy) is 1. The van der Waals surface area contributed by atoms with Gasteiger partial charge in [0.25, 0.3) is 5.56 Å². The van der Waals surface area contributed by atoms with E-state index in [-0.39, 0.29) is 17.2 Å². The van der Waals surface area contributed by atoms with E-state index in [1.54, 1.807) is 31.6 Å². The largest absolute Gasteiger partial charge is 0.495 e. The van der Waals surface area contributed by atoms with E-state index in [0.717, 1.165) is 24.5 Å². The van der Waals surface area contributed by atoms with Crippen molar-refractivity contribution in [3.8, 4) is 17.2 Å². The first-order valence-electron chi connectivity index (χ1n) is 10.4. The van der Waals surface area contributed by atoms with Crippen LogP contribution in [0.25, 0.3) is 17.0 Å². The molecular weight excluding hydrogens is 444 g/mol. The van der Waals surface area contributed by atoms with Gasteiger partial charge in [0.05, 0.1) is 24.8 Å². The molecule has 4 aromatic rings. The number of thioether (sulfide) groups is 1. The van der Waals surface area contributed by atoms with Gasteiger partial charge in [-0.15, -0.1) is 5.10 Å². The lowest BCUT2D eigenvalue weighted by Crippen LogP contribution is -2.49. The van der Waals surface area contributed by atoms with Gasteiger partial charge in [0, 0.05) is 32.2 Å². The van der Waals surface area contributed by atoms with Crippen LogP contribution in [0.5, 0.6) is 5.75 Å². The summed E-state index contributed by atoms with van der Waals surface area (Å²) in [6.45, 7) is 2.69. The molecule has 11 heteroatoms. The summed E-state index contributed by atoms with van der Waals surface area (Å²) in [4.78, 5) is 29.1. The summed E-state index contributed by atoms with van der Waals surface area (Å²) in [5.41, 5.74) is 1.55. The van der Waals surface area contributed by atoms with E-state index < -0.39 is 0 Å². The number of benzene rings is 1. The van der Waals surface area contributed by atoms with Gasteiger partial charge in [0.2, 0.25) is 11.1 Å². The highest BCUT2D eigenvalue weighted by molar-refractivity contribution is 7.99. The molecule has 1 N–H and O–H groups in total. The number of fused-ring (bicyclic) bond motifs is 1. The van der Waals surface area contributed by atoms with Crippen molar-refractivity contribution in [2.75, 3.05) is 43.9 Å². The van der Waals surface area contributed by atoms with Crippen LogP contribution < -0.4 is 15.2 Å². The molecular formula is C22H22N6O4S. The Kier molecular flexibility index (Phi) is 5.78. The van der Waals surface area contributed by atoms with Gasteiger partial charge in [0.15, 0.2) is 5.76 Å². The van der Waals surface area contributed by atoms with Gasteiger partial charge in [-0.2, -0.15) is 5.10 Å². The quantitative estimate of drug-likeness (QED) is 0.431.